The monoisotopic (exact) mass is 386 g/mol. The first-order valence-electron chi connectivity index (χ1n) is 7.30. The number of aromatic amines is 1. The van der Waals surface area contributed by atoms with Crippen LogP contribution in [-0.2, 0) is 4.79 Å². The van der Waals surface area contributed by atoms with Crippen molar-refractivity contribution in [2.75, 3.05) is 5.75 Å². The Morgan fingerprint density at radius 2 is 2.00 bits per heavy atom. The Hall–Kier alpha value is -2.34. The molecule has 0 atom stereocenters. The second-order valence-electron chi connectivity index (χ2n) is 5.10. The molecule has 0 radical (unpaired) electrons. The van der Waals surface area contributed by atoms with Crippen LogP contribution in [-0.4, -0.2) is 21.5 Å². The van der Waals surface area contributed by atoms with Crippen LogP contribution >= 0.6 is 34.4 Å². The lowest BCUT2D eigenvalue weighted by molar-refractivity contribution is -0.112. The molecule has 0 spiro atoms. The molecule has 0 aliphatic carbocycles. The summed E-state index contributed by atoms with van der Waals surface area (Å²) in [6.07, 6.45) is 0. The van der Waals surface area contributed by atoms with Crippen molar-refractivity contribution in [1.29, 1.82) is 5.26 Å². The van der Waals surface area contributed by atoms with Gasteiger partial charge in [0.05, 0.1) is 21.2 Å². The summed E-state index contributed by atoms with van der Waals surface area (Å²) in [6.45, 7) is 1.55. The number of Topliss-reactive ketones (excluding diaryl/α,β-unsaturated/α-hetero) is 1. The normalized spacial score (nSPS) is 11.8. The summed E-state index contributed by atoms with van der Waals surface area (Å²) in [6, 6.07) is 9.89. The molecule has 0 aliphatic rings. The molecule has 3 N–H and O–H groups in total. The molecule has 5 nitrogen and oxygen atoms in total. The fourth-order valence-electron chi connectivity index (χ4n) is 2.19. The molecule has 0 saturated heterocycles. The SMILES string of the molecule is C/C(N)=C(/C#N)C(=O)CSc1nc(-c2cccs2)c(-c2cccs2)[nH]1. The molecule has 0 aromatic carbocycles. The summed E-state index contributed by atoms with van der Waals surface area (Å²) in [5.41, 5.74) is 7.65. The van der Waals surface area contributed by atoms with E-state index in [1.165, 1.54) is 11.8 Å². The zero-order valence-electron chi connectivity index (χ0n) is 13.3. The minimum Gasteiger partial charge on any atom is -0.401 e. The van der Waals surface area contributed by atoms with Crippen molar-refractivity contribution >= 4 is 40.2 Å². The Morgan fingerprint density at radius 1 is 1.32 bits per heavy atom. The highest BCUT2D eigenvalue weighted by atomic mass is 32.2. The molecule has 8 heteroatoms. The highest BCUT2D eigenvalue weighted by Crippen LogP contribution is 2.36. The van der Waals surface area contributed by atoms with Gasteiger partial charge in [-0.3, -0.25) is 4.79 Å². The van der Waals surface area contributed by atoms with Crippen molar-refractivity contribution in [3.63, 3.8) is 0 Å². The Labute approximate surface area is 157 Å². The van der Waals surface area contributed by atoms with Gasteiger partial charge in [0.25, 0.3) is 0 Å². The van der Waals surface area contributed by atoms with Crippen molar-refractivity contribution < 1.29 is 4.79 Å². The summed E-state index contributed by atoms with van der Waals surface area (Å²) >= 11 is 4.52. The van der Waals surface area contributed by atoms with E-state index in [9.17, 15) is 4.79 Å². The number of thiophene rings is 2. The van der Waals surface area contributed by atoms with Crippen molar-refractivity contribution in [1.82, 2.24) is 9.97 Å². The molecule has 3 rings (SSSR count). The highest BCUT2D eigenvalue weighted by Gasteiger charge is 2.18. The average Bonchev–Trinajstić information content (AvgIpc) is 3.32. The van der Waals surface area contributed by atoms with Crippen LogP contribution in [0.15, 0.2) is 51.5 Å². The summed E-state index contributed by atoms with van der Waals surface area (Å²) in [5, 5.41) is 13.7. The molecule has 3 heterocycles. The predicted octanol–water partition coefficient (Wildman–Crippen LogP) is 4.28. The van der Waals surface area contributed by atoms with Gasteiger partial charge >= 0.3 is 0 Å². The molecular weight excluding hydrogens is 372 g/mol. The molecule has 3 aromatic heterocycles. The van der Waals surface area contributed by atoms with E-state index in [1.54, 1.807) is 29.6 Å². The number of aromatic nitrogens is 2. The van der Waals surface area contributed by atoms with Crippen LogP contribution in [0.25, 0.3) is 21.1 Å². The zero-order chi connectivity index (χ0) is 17.8. The minimum absolute atomic E-state index is 0.0102. The molecule has 0 fully saturated rings. The van der Waals surface area contributed by atoms with Gasteiger partial charge < -0.3 is 10.7 Å². The van der Waals surface area contributed by atoms with Gasteiger partial charge in [-0.1, -0.05) is 23.9 Å². The van der Waals surface area contributed by atoms with Gasteiger partial charge in [0.2, 0.25) is 0 Å². The third-order valence-electron chi connectivity index (χ3n) is 3.33. The summed E-state index contributed by atoms with van der Waals surface area (Å²) in [7, 11) is 0. The largest absolute Gasteiger partial charge is 0.401 e. The summed E-state index contributed by atoms with van der Waals surface area (Å²) in [5.74, 6) is -0.183. The molecular formula is C17H14N4OS3. The van der Waals surface area contributed by atoms with Crippen molar-refractivity contribution in [2.24, 2.45) is 5.73 Å². The maximum Gasteiger partial charge on any atom is 0.185 e. The Bertz CT molecular complexity index is 891. The molecule has 0 amide bonds. The van der Waals surface area contributed by atoms with Crippen LogP contribution in [0.5, 0.6) is 0 Å². The lowest BCUT2D eigenvalue weighted by Gasteiger charge is -1.99. The number of thioether (sulfide) groups is 1. The van der Waals surface area contributed by atoms with Crippen LogP contribution in [0, 0.1) is 11.3 Å². The number of rotatable bonds is 6. The first-order valence-corrected chi connectivity index (χ1v) is 10.0. The van der Waals surface area contributed by atoms with E-state index in [1.807, 2.05) is 41.1 Å². The number of allylic oxidation sites excluding steroid dienone is 2. The molecule has 0 bridgehead atoms. The Morgan fingerprint density at radius 3 is 2.56 bits per heavy atom. The van der Waals surface area contributed by atoms with Gasteiger partial charge in [-0.2, -0.15) is 5.26 Å². The van der Waals surface area contributed by atoms with E-state index < -0.39 is 0 Å². The maximum atomic E-state index is 12.1. The number of nitrogens with two attached hydrogens (primary N) is 1. The maximum absolute atomic E-state index is 12.1. The average molecular weight is 387 g/mol. The smallest absolute Gasteiger partial charge is 0.185 e. The molecule has 0 unspecified atom stereocenters. The number of nitriles is 1. The summed E-state index contributed by atoms with van der Waals surface area (Å²) < 4.78 is 0. The lowest BCUT2D eigenvalue weighted by Crippen LogP contribution is -2.10. The fourth-order valence-corrected chi connectivity index (χ4v) is 4.38. The fraction of sp³-hybridized carbons (Fsp3) is 0.118. The van der Waals surface area contributed by atoms with E-state index in [4.69, 9.17) is 11.0 Å². The van der Waals surface area contributed by atoms with E-state index >= 15 is 0 Å². The van der Waals surface area contributed by atoms with Gasteiger partial charge in [0.15, 0.2) is 10.9 Å². The molecule has 126 valence electrons. The number of nitrogens with one attached hydrogen (secondary N) is 1. The van der Waals surface area contributed by atoms with Gasteiger partial charge in [-0.15, -0.1) is 22.7 Å². The number of H-pyrrole nitrogens is 1. The Balaban J connectivity index is 1.87. The number of hydrogen-bond donors (Lipinski definition) is 2. The zero-order valence-corrected chi connectivity index (χ0v) is 15.7. The first-order chi connectivity index (χ1) is 12.1. The quantitative estimate of drug-likeness (QED) is 0.374. The predicted molar refractivity (Wildman–Crippen MR) is 103 cm³/mol. The minimum atomic E-state index is -0.292. The number of carbonyl (C=O) groups is 1. The van der Waals surface area contributed by atoms with Crippen LogP contribution < -0.4 is 5.73 Å². The van der Waals surface area contributed by atoms with Crippen molar-refractivity contribution in [3.05, 3.63) is 46.3 Å². The van der Waals surface area contributed by atoms with Crippen molar-refractivity contribution in [2.45, 2.75) is 12.1 Å². The van der Waals surface area contributed by atoms with Crippen LogP contribution in [0.4, 0.5) is 0 Å². The highest BCUT2D eigenvalue weighted by molar-refractivity contribution is 7.99. The first kappa shape index (κ1) is 17.5. The molecule has 0 aliphatic heterocycles. The van der Waals surface area contributed by atoms with Gasteiger partial charge in [-0.05, 0) is 29.8 Å². The summed E-state index contributed by atoms with van der Waals surface area (Å²) in [4.78, 5) is 22.2. The molecule has 25 heavy (non-hydrogen) atoms. The topological polar surface area (TPSA) is 95.6 Å². The second-order valence-corrected chi connectivity index (χ2v) is 7.96. The van der Waals surface area contributed by atoms with Gasteiger partial charge in [0, 0.05) is 5.70 Å². The van der Waals surface area contributed by atoms with Gasteiger partial charge in [0.1, 0.15) is 17.3 Å². The standard InChI is InChI=1S/C17H14N4OS3/c1-10(19)11(8-18)12(22)9-25-17-20-15(13-4-2-6-23-13)16(21-17)14-5-3-7-24-14/h2-7H,9,19H2,1H3,(H,20,21)/b11-10+. The number of carbonyl (C=O) groups excluding carboxylic acids is 1. The Kier molecular flexibility index (Phi) is 5.38. The van der Waals surface area contributed by atoms with E-state index in [0.29, 0.717) is 5.16 Å². The number of nitrogens with zero attached hydrogens (tertiary/aromatic N) is 2. The van der Waals surface area contributed by atoms with E-state index in [2.05, 4.69) is 9.97 Å². The number of ketones is 1. The van der Waals surface area contributed by atoms with E-state index in [0.717, 1.165) is 21.1 Å². The van der Waals surface area contributed by atoms with Gasteiger partial charge in [-0.25, -0.2) is 4.98 Å². The number of imidazole rings is 1. The number of hydrogen-bond acceptors (Lipinski definition) is 7. The molecule has 3 aromatic rings. The van der Waals surface area contributed by atoms with Crippen LogP contribution in [0.3, 0.4) is 0 Å². The third-order valence-corrected chi connectivity index (χ3v) is 5.97. The third kappa shape index (κ3) is 3.85. The van der Waals surface area contributed by atoms with Crippen LogP contribution in [0.2, 0.25) is 0 Å². The van der Waals surface area contributed by atoms with Crippen LogP contribution in [0.1, 0.15) is 6.92 Å². The molecule has 0 saturated carbocycles. The van der Waals surface area contributed by atoms with E-state index in [-0.39, 0.29) is 22.8 Å². The second kappa shape index (κ2) is 7.70. The lowest BCUT2D eigenvalue weighted by atomic mass is 10.2. The van der Waals surface area contributed by atoms with Crippen molar-refractivity contribution in [3.8, 4) is 27.2 Å².